The predicted molar refractivity (Wildman–Crippen MR) is 123 cm³/mol. The van der Waals surface area contributed by atoms with E-state index in [1.807, 2.05) is 29.1 Å². The van der Waals surface area contributed by atoms with E-state index in [9.17, 15) is 4.79 Å². The van der Waals surface area contributed by atoms with Crippen LogP contribution in [0.25, 0.3) is 12.2 Å². The number of rotatable bonds is 5. The van der Waals surface area contributed by atoms with E-state index in [1.165, 1.54) is 23.1 Å². The molecule has 0 spiro atoms. The lowest BCUT2D eigenvalue weighted by Crippen LogP contribution is -2.34. The Hall–Kier alpha value is -3.21. The molecule has 3 aromatic rings. The third-order valence-electron chi connectivity index (χ3n) is 6.53. The Morgan fingerprint density at radius 1 is 1.03 bits per heavy atom. The molecule has 2 aromatic carbocycles. The molecule has 4 rings (SSSR count). The van der Waals surface area contributed by atoms with Gasteiger partial charge in [-0.15, -0.1) is 5.10 Å². The van der Waals surface area contributed by atoms with E-state index in [2.05, 4.69) is 56.2 Å². The molecule has 0 atom stereocenters. The van der Waals surface area contributed by atoms with Gasteiger partial charge in [0, 0.05) is 6.20 Å². The van der Waals surface area contributed by atoms with Crippen LogP contribution in [-0.4, -0.2) is 26.1 Å². The highest BCUT2D eigenvalue weighted by molar-refractivity contribution is 5.88. The minimum Gasteiger partial charge on any atom is -0.478 e. The van der Waals surface area contributed by atoms with Gasteiger partial charge in [0.25, 0.3) is 0 Å². The fourth-order valence-corrected chi connectivity index (χ4v) is 4.38. The van der Waals surface area contributed by atoms with Crippen LogP contribution in [0, 0.1) is 0 Å². The number of carboxylic acid groups (broad SMARTS) is 1. The molecule has 1 aromatic heterocycles. The number of hydrogen-bond acceptors (Lipinski definition) is 3. The number of nitrogens with zero attached hydrogens (tertiary/aromatic N) is 3. The van der Waals surface area contributed by atoms with Crippen LogP contribution in [-0.2, 0) is 17.4 Å². The molecule has 5 heteroatoms. The van der Waals surface area contributed by atoms with Crippen molar-refractivity contribution >= 4 is 18.1 Å². The van der Waals surface area contributed by atoms with Crippen molar-refractivity contribution in [2.45, 2.75) is 57.9 Å². The highest BCUT2D eigenvalue weighted by Crippen LogP contribution is 2.46. The minimum atomic E-state index is -0.912. The van der Waals surface area contributed by atoms with E-state index >= 15 is 0 Å². The van der Waals surface area contributed by atoms with Gasteiger partial charge in [-0.05, 0) is 63.6 Å². The van der Waals surface area contributed by atoms with Crippen molar-refractivity contribution < 1.29 is 9.90 Å². The summed E-state index contributed by atoms with van der Waals surface area (Å²) in [6.45, 7) is 9.98. The van der Waals surface area contributed by atoms with Crippen molar-refractivity contribution in [3.05, 3.63) is 82.2 Å². The number of aromatic nitrogens is 3. The van der Waals surface area contributed by atoms with Gasteiger partial charge >= 0.3 is 5.97 Å². The summed E-state index contributed by atoms with van der Waals surface area (Å²) >= 11 is 0. The highest BCUT2D eigenvalue weighted by atomic mass is 16.4. The molecular formula is C26H29N3O2. The smallest absolute Gasteiger partial charge is 0.335 e. The van der Waals surface area contributed by atoms with Gasteiger partial charge in [-0.2, -0.15) is 0 Å². The standard InChI is InChI=1S/C26H29N3O2/c1-25(2)11-12-26(3,4)23-16-21(17-29-14-13-27-28-29)20(15-22(23)25)10-7-18-5-8-19(9-6-18)24(30)31/h5-10,13-16H,11-12,17H2,1-4H3,(H,30,31). The first-order chi connectivity index (χ1) is 14.7. The Kier molecular flexibility index (Phi) is 5.29. The van der Waals surface area contributed by atoms with E-state index in [1.54, 1.807) is 18.3 Å². The summed E-state index contributed by atoms with van der Waals surface area (Å²) in [4.78, 5) is 11.1. The molecule has 1 heterocycles. The van der Waals surface area contributed by atoms with Gasteiger partial charge < -0.3 is 5.11 Å². The number of carbonyl (C=O) groups is 1. The zero-order valence-electron chi connectivity index (χ0n) is 18.6. The van der Waals surface area contributed by atoms with Crippen LogP contribution in [0.2, 0.25) is 0 Å². The van der Waals surface area contributed by atoms with E-state index in [4.69, 9.17) is 5.11 Å². The molecule has 0 saturated heterocycles. The van der Waals surface area contributed by atoms with Crippen molar-refractivity contribution in [2.75, 3.05) is 0 Å². The molecule has 160 valence electrons. The Balaban J connectivity index is 1.78. The zero-order valence-corrected chi connectivity index (χ0v) is 18.6. The van der Waals surface area contributed by atoms with Gasteiger partial charge in [0.15, 0.2) is 0 Å². The summed E-state index contributed by atoms with van der Waals surface area (Å²) < 4.78 is 1.85. The topological polar surface area (TPSA) is 68.0 Å². The Bertz CT molecular complexity index is 1120. The van der Waals surface area contributed by atoms with Crippen LogP contribution in [0.4, 0.5) is 0 Å². The molecule has 0 bridgehead atoms. The number of hydrogen-bond donors (Lipinski definition) is 1. The first kappa shape index (κ1) is 21.0. The molecule has 0 aliphatic heterocycles. The lowest BCUT2D eigenvalue weighted by molar-refractivity contribution is 0.0697. The summed E-state index contributed by atoms with van der Waals surface area (Å²) in [7, 11) is 0. The second-order valence-electron chi connectivity index (χ2n) is 9.73. The lowest BCUT2D eigenvalue weighted by atomic mass is 9.62. The second kappa shape index (κ2) is 7.80. The van der Waals surface area contributed by atoms with Crippen LogP contribution in [0.1, 0.15) is 78.7 Å². The Morgan fingerprint density at radius 2 is 1.68 bits per heavy atom. The van der Waals surface area contributed by atoms with Crippen LogP contribution in [0.3, 0.4) is 0 Å². The quantitative estimate of drug-likeness (QED) is 0.555. The molecule has 0 unspecified atom stereocenters. The van der Waals surface area contributed by atoms with Gasteiger partial charge in [-0.25, -0.2) is 9.48 Å². The van der Waals surface area contributed by atoms with E-state index in [0.29, 0.717) is 12.1 Å². The van der Waals surface area contributed by atoms with Crippen LogP contribution >= 0.6 is 0 Å². The monoisotopic (exact) mass is 415 g/mol. The molecule has 31 heavy (non-hydrogen) atoms. The molecular weight excluding hydrogens is 386 g/mol. The third kappa shape index (κ3) is 4.31. The molecule has 0 radical (unpaired) electrons. The second-order valence-corrected chi connectivity index (χ2v) is 9.73. The third-order valence-corrected chi connectivity index (χ3v) is 6.53. The maximum atomic E-state index is 11.1. The highest BCUT2D eigenvalue weighted by Gasteiger charge is 2.37. The Morgan fingerprint density at radius 3 is 2.26 bits per heavy atom. The van der Waals surface area contributed by atoms with Crippen LogP contribution < -0.4 is 0 Å². The summed E-state index contributed by atoms with van der Waals surface area (Å²) in [6.07, 6.45) is 10.1. The van der Waals surface area contributed by atoms with E-state index in [-0.39, 0.29) is 10.8 Å². The average molecular weight is 416 g/mol. The van der Waals surface area contributed by atoms with E-state index in [0.717, 1.165) is 17.5 Å². The van der Waals surface area contributed by atoms with Gasteiger partial charge in [0.1, 0.15) is 0 Å². The average Bonchev–Trinajstić information content (AvgIpc) is 3.23. The SMILES string of the molecule is CC1(C)CCC(C)(C)c2cc(Cn3ccnn3)c(C=Cc3ccc(C(=O)O)cc3)cc21. The van der Waals surface area contributed by atoms with Gasteiger partial charge in [-0.1, -0.05) is 69.3 Å². The number of aromatic carboxylic acids is 1. The number of benzene rings is 2. The van der Waals surface area contributed by atoms with E-state index < -0.39 is 5.97 Å². The fourth-order valence-electron chi connectivity index (χ4n) is 4.38. The van der Waals surface area contributed by atoms with Gasteiger partial charge in [0.2, 0.25) is 0 Å². The Labute approximate surface area is 183 Å². The normalized spacial score (nSPS) is 16.9. The maximum absolute atomic E-state index is 11.1. The van der Waals surface area contributed by atoms with Crippen molar-refractivity contribution in [3.63, 3.8) is 0 Å². The van der Waals surface area contributed by atoms with Crippen molar-refractivity contribution in [2.24, 2.45) is 0 Å². The molecule has 0 fully saturated rings. The number of fused-ring (bicyclic) bond motifs is 1. The summed E-state index contributed by atoms with van der Waals surface area (Å²) in [5.41, 5.74) is 6.71. The molecule has 1 N–H and O–H groups in total. The number of carboxylic acids is 1. The van der Waals surface area contributed by atoms with Crippen molar-refractivity contribution in [1.82, 2.24) is 15.0 Å². The predicted octanol–water partition coefficient (Wildman–Crippen LogP) is 5.54. The molecule has 5 nitrogen and oxygen atoms in total. The molecule has 0 saturated carbocycles. The van der Waals surface area contributed by atoms with Gasteiger partial charge in [-0.3, -0.25) is 0 Å². The minimum absolute atomic E-state index is 0.127. The lowest BCUT2D eigenvalue weighted by Gasteiger charge is -2.42. The maximum Gasteiger partial charge on any atom is 0.335 e. The van der Waals surface area contributed by atoms with Crippen LogP contribution in [0.15, 0.2) is 48.8 Å². The molecule has 1 aliphatic carbocycles. The first-order valence-electron chi connectivity index (χ1n) is 10.7. The summed E-state index contributed by atoms with van der Waals surface area (Å²) in [6, 6.07) is 11.6. The first-order valence-corrected chi connectivity index (χ1v) is 10.7. The van der Waals surface area contributed by atoms with Gasteiger partial charge in [0.05, 0.1) is 18.3 Å². The largest absolute Gasteiger partial charge is 0.478 e. The van der Waals surface area contributed by atoms with Crippen LogP contribution in [0.5, 0.6) is 0 Å². The summed E-state index contributed by atoms with van der Waals surface area (Å²) in [5, 5.41) is 17.2. The van der Waals surface area contributed by atoms with Crippen molar-refractivity contribution in [3.8, 4) is 0 Å². The molecule has 0 amide bonds. The zero-order chi connectivity index (χ0) is 22.2. The van der Waals surface area contributed by atoms with Crippen molar-refractivity contribution in [1.29, 1.82) is 0 Å². The summed E-state index contributed by atoms with van der Waals surface area (Å²) in [5.74, 6) is -0.912. The fraction of sp³-hybridized carbons (Fsp3) is 0.346. The molecule has 1 aliphatic rings.